The van der Waals surface area contributed by atoms with E-state index in [9.17, 15) is 4.39 Å². The lowest BCUT2D eigenvalue weighted by molar-refractivity contribution is 0.582. The van der Waals surface area contributed by atoms with Gasteiger partial charge in [0.1, 0.15) is 11.9 Å². The molecule has 0 spiro atoms. The van der Waals surface area contributed by atoms with Gasteiger partial charge in [0, 0.05) is 5.70 Å². The van der Waals surface area contributed by atoms with Crippen LogP contribution in [0.5, 0.6) is 0 Å². The second kappa shape index (κ2) is 5.31. The van der Waals surface area contributed by atoms with Gasteiger partial charge in [-0.1, -0.05) is 47.1 Å². The van der Waals surface area contributed by atoms with E-state index >= 15 is 0 Å². The molecule has 1 aliphatic rings. The molecule has 3 aromatic rings. The standard InChI is InChI=1S/C17H14FN5/c1-11-2-4-12(5-3-11)15-10-16(13-6-8-14(18)9-7-13)23-17(19-15)20-21-22-23/h2-10,16H,1H3,(H,19,20,22)/t16-/m1/s1. The molecule has 6 heteroatoms. The summed E-state index contributed by atoms with van der Waals surface area (Å²) in [6.07, 6.45) is 2.04. The number of aryl methyl sites for hydroxylation is 1. The minimum Gasteiger partial charge on any atom is -0.323 e. The Kier molecular flexibility index (Phi) is 3.15. The second-order valence-electron chi connectivity index (χ2n) is 5.51. The van der Waals surface area contributed by atoms with Crippen LogP contribution in [0.3, 0.4) is 0 Å². The lowest BCUT2D eigenvalue weighted by Gasteiger charge is -2.23. The van der Waals surface area contributed by atoms with Gasteiger partial charge in [-0.05, 0) is 46.7 Å². The van der Waals surface area contributed by atoms with Gasteiger partial charge in [-0.25, -0.2) is 4.39 Å². The van der Waals surface area contributed by atoms with Gasteiger partial charge >= 0.3 is 0 Å². The number of aromatic nitrogens is 4. The summed E-state index contributed by atoms with van der Waals surface area (Å²) in [5, 5.41) is 15.0. The van der Waals surface area contributed by atoms with Crippen LogP contribution in [0.25, 0.3) is 5.70 Å². The third kappa shape index (κ3) is 2.48. The zero-order valence-electron chi connectivity index (χ0n) is 12.4. The van der Waals surface area contributed by atoms with Crippen LogP contribution >= 0.6 is 0 Å². The highest BCUT2D eigenvalue weighted by Crippen LogP contribution is 2.31. The van der Waals surface area contributed by atoms with Crippen LogP contribution in [0, 0.1) is 12.7 Å². The third-order valence-corrected chi connectivity index (χ3v) is 3.90. The van der Waals surface area contributed by atoms with Gasteiger partial charge in [0.2, 0.25) is 5.95 Å². The molecule has 0 unspecified atom stereocenters. The summed E-state index contributed by atoms with van der Waals surface area (Å²) >= 11 is 0. The summed E-state index contributed by atoms with van der Waals surface area (Å²) < 4.78 is 14.9. The average Bonchev–Trinajstić information content (AvgIpc) is 3.04. The molecular weight excluding hydrogens is 293 g/mol. The summed E-state index contributed by atoms with van der Waals surface area (Å²) in [6.45, 7) is 2.05. The van der Waals surface area contributed by atoms with Crippen LogP contribution < -0.4 is 5.32 Å². The molecule has 0 radical (unpaired) electrons. The topological polar surface area (TPSA) is 55.6 Å². The molecule has 4 rings (SSSR count). The Morgan fingerprint density at radius 3 is 2.52 bits per heavy atom. The molecule has 1 N–H and O–H groups in total. The number of allylic oxidation sites excluding steroid dienone is 1. The fourth-order valence-corrected chi connectivity index (χ4v) is 2.65. The van der Waals surface area contributed by atoms with Crippen molar-refractivity contribution >= 4 is 11.6 Å². The highest BCUT2D eigenvalue weighted by molar-refractivity contribution is 5.77. The maximum absolute atomic E-state index is 13.2. The Morgan fingerprint density at radius 1 is 1.04 bits per heavy atom. The number of rotatable bonds is 2. The first-order valence-corrected chi connectivity index (χ1v) is 7.30. The van der Waals surface area contributed by atoms with E-state index in [1.54, 1.807) is 16.8 Å². The molecule has 23 heavy (non-hydrogen) atoms. The van der Waals surface area contributed by atoms with Gasteiger partial charge in [0.25, 0.3) is 0 Å². The second-order valence-corrected chi connectivity index (χ2v) is 5.51. The molecule has 2 heterocycles. The first kappa shape index (κ1) is 13.6. The number of nitrogens with one attached hydrogen (secondary N) is 1. The van der Waals surface area contributed by atoms with Crippen molar-refractivity contribution in [1.29, 1.82) is 0 Å². The van der Waals surface area contributed by atoms with E-state index in [1.165, 1.54) is 17.7 Å². The maximum Gasteiger partial charge on any atom is 0.248 e. The molecule has 1 atom stereocenters. The minimum absolute atomic E-state index is 0.182. The number of fused-ring (bicyclic) bond motifs is 1. The Balaban J connectivity index is 1.79. The van der Waals surface area contributed by atoms with Gasteiger partial charge in [-0.3, -0.25) is 0 Å². The summed E-state index contributed by atoms with van der Waals surface area (Å²) in [5.41, 5.74) is 4.11. The van der Waals surface area contributed by atoms with E-state index in [0.29, 0.717) is 5.95 Å². The molecule has 0 amide bonds. The third-order valence-electron chi connectivity index (χ3n) is 3.90. The number of anilines is 1. The molecule has 5 nitrogen and oxygen atoms in total. The molecule has 0 aliphatic carbocycles. The van der Waals surface area contributed by atoms with Crippen LogP contribution in [0.15, 0.2) is 54.6 Å². The van der Waals surface area contributed by atoms with E-state index in [1.807, 2.05) is 13.0 Å². The molecule has 0 fully saturated rings. The lowest BCUT2D eigenvalue weighted by atomic mass is 10.0. The van der Waals surface area contributed by atoms with Crippen LogP contribution in [-0.4, -0.2) is 20.2 Å². The average molecular weight is 307 g/mol. The van der Waals surface area contributed by atoms with E-state index < -0.39 is 0 Å². The van der Waals surface area contributed by atoms with E-state index in [4.69, 9.17) is 0 Å². The van der Waals surface area contributed by atoms with Crippen LogP contribution in [0.1, 0.15) is 22.7 Å². The number of halogens is 1. The molecule has 1 aromatic heterocycles. The Bertz CT molecular complexity index is 865. The number of nitrogens with zero attached hydrogens (tertiary/aromatic N) is 4. The summed E-state index contributed by atoms with van der Waals surface area (Å²) in [6, 6.07) is 14.4. The monoisotopic (exact) mass is 307 g/mol. The minimum atomic E-state index is -0.262. The molecule has 0 bridgehead atoms. The molecule has 0 saturated carbocycles. The Morgan fingerprint density at radius 2 is 1.78 bits per heavy atom. The van der Waals surface area contributed by atoms with Crippen molar-refractivity contribution in [2.75, 3.05) is 5.32 Å². The van der Waals surface area contributed by atoms with Crippen molar-refractivity contribution in [2.24, 2.45) is 0 Å². The molecular formula is C17H14FN5. The number of benzene rings is 2. The smallest absolute Gasteiger partial charge is 0.248 e. The van der Waals surface area contributed by atoms with Gasteiger partial charge in [0.15, 0.2) is 0 Å². The fourth-order valence-electron chi connectivity index (χ4n) is 2.65. The normalized spacial score (nSPS) is 16.4. The Hall–Kier alpha value is -3.02. The zero-order chi connectivity index (χ0) is 15.8. The highest BCUT2D eigenvalue weighted by atomic mass is 19.1. The number of tetrazole rings is 1. The molecule has 114 valence electrons. The first-order valence-electron chi connectivity index (χ1n) is 7.30. The van der Waals surface area contributed by atoms with Crippen molar-refractivity contribution < 1.29 is 4.39 Å². The summed E-state index contributed by atoms with van der Waals surface area (Å²) in [4.78, 5) is 0. The number of hydrogen-bond acceptors (Lipinski definition) is 4. The predicted molar refractivity (Wildman–Crippen MR) is 85.1 cm³/mol. The van der Waals surface area contributed by atoms with Crippen LogP contribution in [-0.2, 0) is 0 Å². The highest BCUT2D eigenvalue weighted by Gasteiger charge is 2.24. The maximum atomic E-state index is 13.2. The van der Waals surface area contributed by atoms with Crippen molar-refractivity contribution in [3.63, 3.8) is 0 Å². The summed E-state index contributed by atoms with van der Waals surface area (Å²) in [7, 11) is 0. The van der Waals surface area contributed by atoms with E-state index in [0.717, 1.165) is 16.8 Å². The molecule has 2 aromatic carbocycles. The van der Waals surface area contributed by atoms with Crippen molar-refractivity contribution in [3.05, 3.63) is 77.1 Å². The Labute approximate surface area is 132 Å². The van der Waals surface area contributed by atoms with Gasteiger partial charge in [-0.2, -0.15) is 4.68 Å². The SMILES string of the molecule is Cc1ccc(C2=C[C@H](c3ccc(F)cc3)n3nnnc3N2)cc1. The van der Waals surface area contributed by atoms with E-state index in [-0.39, 0.29) is 11.9 Å². The van der Waals surface area contributed by atoms with Gasteiger partial charge in [0.05, 0.1) is 0 Å². The number of hydrogen-bond donors (Lipinski definition) is 1. The molecule has 0 saturated heterocycles. The largest absolute Gasteiger partial charge is 0.323 e. The fraction of sp³-hybridized carbons (Fsp3) is 0.118. The van der Waals surface area contributed by atoms with Crippen LogP contribution in [0.2, 0.25) is 0 Å². The lowest BCUT2D eigenvalue weighted by Crippen LogP contribution is -2.20. The van der Waals surface area contributed by atoms with E-state index in [2.05, 4.69) is 45.1 Å². The van der Waals surface area contributed by atoms with Crippen LogP contribution in [0.4, 0.5) is 10.3 Å². The molecule has 1 aliphatic heterocycles. The van der Waals surface area contributed by atoms with Crippen molar-refractivity contribution in [1.82, 2.24) is 20.2 Å². The van der Waals surface area contributed by atoms with Crippen molar-refractivity contribution in [2.45, 2.75) is 13.0 Å². The zero-order valence-corrected chi connectivity index (χ0v) is 12.4. The first-order chi connectivity index (χ1) is 11.2. The predicted octanol–water partition coefficient (Wildman–Crippen LogP) is 3.18. The summed E-state index contributed by atoms with van der Waals surface area (Å²) in [5.74, 6) is 0.305. The van der Waals surface area contributed by atoms with Crippen molar-refractivity contribution in [3.8, 4) is 0 Å². The quantitative estimate of drug-likeness (QED) is 0.790. The van der Waals surface area contributed by atoms with Gasteiger partial charge < -0.3 is 5.32 Å². The van der Waals surface area contributed by atoms with Gasteiger partial charge in [-0.15, -0.1) is 0 Å².